The fourth-order valence-corrected chi connectivity index (χ4v) is 6.12. The van der Waals surface area contributed by atoms with E-state index in [4.69, 9.17) is 28.6 Å². The van der Waals surface area contributed by atoms with Crippen LogP contribution in [-0.2, 0) is 0 Å². The molecule has 9 nitrogen and oxygen atoms in total. The number of anilines is 3. The molecule has 0 unspecified atom stereocenters. The summed E-state index contributed by atoms with van der Waals surface area (Å²) >= 11 is 12.5. The van der Waals surface area contributed by atoms with Crippen molar-refractivity contribution in [3.8, 4) is 5.69 Å². The predicted molar refractivity (Wildman–Crippen MR) is 146 cm³/mol. The number of benzene rings is 2. The molecular formula is C26H26Cl2N8O. The lowest BCUT2D eigenvalue weighted by molar-refractivity contribution is 0.0784. The molecule has 0 saturated carbocycles. The third-order valence-corrected chi connectivity index (χ3v) is 7.86. The summed E-state index contributed by atoms with van der Waals surface area (Å²) in [5, 5.41) is 12.7. The first-order valence-corrected chi connectivity index (χ1v) is 12.9. The van der Waals surface area contributed by atoms with E-state index in [1.165, 1.54) is 37.8 Å². The molecule has 2 saturated heterocycles. The SMILES string of the molecule is CN1CCCC2(C1)CN(c1ccc(Nc3ncc4c(=N)n(-c5c(Cl)cccc5Cl)c(=O)[nH]c4n3)cc1)C2. The fourth-order valence-electron chi connectivity index (χ4n) is 5.55. The van der Waals surface area contributed by atoms with Gasteiger partial charge in [-0.25, -0.2) is 14.3 Å². The van der Waals surface area contributed by atoms with Gasteiger partial charge in [0.15, 0.2) is 5.65 Å². The molecule has 4 aromatic rings. The van der Waals surface area contributed by atoms with Crippen molar-refractivity contribution in [3.63, 3.8) is 0 Å². The van der Waals surface area contributed by atoms with Gasteiger partial charge in [0, 0.05) is 42.6 Å². The lowest BCUT2D eigenvalue weighted by Gasteiger charge is -2.55. The number of fused-ring (bicyclic) bond motifs is 1. The molecule has 2 fully saturated rings. The van der Waals surface area contributed by atoms with Gasteiger partial charge in [-0.15, -0.1) is 0 Å². The average Bonchev–Trinajstić information content (AvgIpc) is 2.84. The highest BCUT2D eigenvalue weighted by Crippen LogP contribution is 2.41. The second kappa shape index (κ2) is 9.16. The fraction of sp³-hybridized carbons (Fsp3) is 0.308. The van der Waals surface area contributed by atoms with Crippen LogP contribution in [0.5, 0.6) is 0 Å². The van der Waals surface area contributed by atoms with Gasteiger partial charge < -0.3 is 15.1 Å². The molecule has 6 rings (SSSR count). The van der Waals surface area contributed by atoms with Crippen LogP contribution in [0.4, 0.5) is 17.3 Å². The lowest BCUT2D eigenvalue weighted by Crippen LogP contribution is -2.62. The molecule has 0 amide bonds. The van der Waals surface area contributed by atoms with Crippen LogP contribution in [0.15, 0.2) is 53.5 Å². The van der Waals surface area contributed by atoms with Crippen LogP contribution in [-0.4, -0.2) is 57.6 Å². The van der Waals surface area contributed by atoms with Crippen molar-refractivity contribution in [3.05, 3.63) is 74.7 Å². The van der Waals surface area contributed by atoms with Crippen molar-refractivity contribution in [1.29, 1.82) is 5.41 Å². The number of H-pyrrole nitrogens is 1. The van der Waals surface area contributed by atoms with Crippen LogP contribution in [0.1, 0.15) is 12.8 Å². The normalized spacial score (nSPS) is 17.2. The minimum atomic E-state index is -0.571. The van der Waals surface area contributed by atoms with Crippen LogP contribution in [0, 0.1) is 10.8 Å². The zero-order chi connectivity index (χ0) is 25.7. The van der Waals surface area contributed by atoms with Gasteiger partial charge in [-0.05, 0) is 62.8 Å². The van der Waals surface area contributed by atoms with Crippen molar-refractivity contribution in [2.75, 3.05) is 43.4 Å². The van der Waals surface area contributed by atoms with Crippen LogP contribution in [0.25, 0.3) is 16.7 Å². The second-order valence-electron chi connectivity index (χ2n) is 10.0. The molecule has 0 bridgehead atoms. The zero-order valence-corrected chi connectivity index (χ0v) is 21.8. The Morgan fingerprint density at radius 3 is 2.51 bits per heavy atom. The van der Waals surface area contributed by atoms with E-state index in [0.29, 0.717) is 16.7 Å². The van der Waals surface area contributed by atoms with Crippen molar-refractivity contribution in [2.24, 2.45) is 5.41 Å². The molecule has 1 spiro atoms. The summed E-state index contributed by atoms with van der Waals surface area (Å²) < 4.78 is 1.12. The highest BCUT2D eigenvalue weighted by atomic mass is 35.5. The number of piperidine rings is 1. The summed E-state index contributed by atoms with van der Waals surface area (Å²) in [5.74, 6) is 0.317. The van der Waals surface area contributed by atoms with Gasteiger partial charge in [-0.2, -0.15) is 4.98 Å². The van der Waals surface area contributed by atoms with E-state index < -0.39 is 5.69 Å². The zero-order valence-electron chi connectivity index (χ0n) is 20.3. The maximum absolute atomic E-state index is 12.9. The minimum Gasteiger partial charge on any atom is -0.370 e. The molecule has 3 N–H and O–H groups in total. The van der Waals surface area contributed by atoms with Gasteiger partial charge in [-0.1, -0.05) is 29.3 Å². The van der Waals surface area contributed by atoms with Crippen molar-refractivity contribution < 1.29 is 0 Å². The molecule has 37 heavy (non-hydrogen) atoms. The third kappa shape index (κ3) is 4.37. The Hall–Kier alpha value is -3.40. The van der Waals surface area contributed by atoms with Gasteiger partial charge in [0.2, 0.25) is 5.95 Å². The number of hydrogen-bond acceptors (Lipinski definition) is 7. The van der Waals surface area contributed by atoms with Crippen molar-refractivity contribution in [2.45, 2.75) is 12.8 Å². The summed E-state index contributed by atoms with van der Waals surface area (Å²) in [5.41, 5.74) is 2.27. The molecular weight excluding hydrogens is 511 g/mol. The molecule has 2 aliphatic rings. The van der Waals surface area contributed by atoms with E-state index in [1.807, 2.05) is 12.1 Å². The minimum absolute atomic E-state index is 0.110. The van der Waals surface area contributed by atoms with E-state index in [0.717, 1.165) is 23.3 Å². The highest BCUT2D eigenvalue weighted by molar-refractivity contribution is 6.37. The van der Waals surface area contributed by atoms with Gasteiger partial charge >= 0.3 is 5.69 Å². The lowest BCUT2D eigenvalue weighted by atomic mass is 9.73. The van der Waals surface area contributed by atoms with E-state index in [2.05, 4.69) is 49.2 Å². The van der Waals surface area contributed by atoms with Gasteiger partial charge in [0.25, 0.3) is 0 Å². The number of hydrogen-bond donors (Lipinski definition) is 3. The molecule has 190 valence electrons. The van der Waals surface area contributed by atoms with E-state index in [-0.39, 0.29) is 26.9 Å². The van der Waals surface area contributed by atoms with Crippen LogP contribution in [0.3, 0.4) is 0 Å². The molecule has 2 aromatic heterocycles. The maximum atomic E-state index is 12.9. The van der Waals surface area contributed by atoms with E-state index >= 15 is 0 Å². The van der Waals surface area contributed by atoms with Crippen LogP contribution in [0.2, 0.25) is 10.0 Å². The first-order chi connectivity index (χ1) is 17.8. The molecule has 0 aliphatic carbocycles. The summed E-state index contributed by atoms with van der Waals surface area (Å²) in [6.45, 7) is 4.57. The van der Waals surface area contributed by atoms with Crippen molar-refractivity contribution >= 4 is 51.6 Å². The maximum Gasteiger partial charge on any atom is 0.333 e. The Kier molecular flexibility index (Phi) is 5.94. The summed E-state index contributed by atoms with van der Waals surface area (Å²) in [4.78, 5) is 29.3. The van der Waals surface area contributed by atoms with Gasteiger partial charge in [-0.3, -0.25) is 10.4 Å². The monoisotopic (exact) mass is 536 g/mol. The number of aromatic amines is 1. The Balaban J connectivity index is 1.21. The van der Waals surface area contributed by atoms with Gasteiger partial charge in [0.05, 0.1) is 21.1 Å². The number of halogens is 2. The molecule has 2 aliphatic heterocycles. The molecule has 2 aromatic carbocycles. The number of likely N-dealkylation sites (tertiary alicyclic amines) is 1. The number of rotatable bonds is 4. The third-order valence-electron chi connectivity index (χ3n) is 7.25. The second-order valence-corrected chi connectivity index (χ2v) is 10.8. The average molecular weight is 537 g/mol. The van der Waals surface area contributed by atoms with Crippen LogP contribution < -0.4 is 21.4 Å². The predicted octanol–water partition coefficient (Wildman–Crippen LogP) is 4.17. The Morgan fingerprint density at radius 1 is 1.08 bits per heavy atom. The number of aromatic nitrogens is 4. The van der Waals surface area contributed by atoms with Crippen molar-refractivity contribution in [1.82, 2.24) is 24.4 Å². The summed E-state index contributed by atoms with van der Waals surface area (Å²) in [6.07, 6.45) is 4.08. The molecule has 0 radical (unpaired) electrons. The number of nitrogens with zero attached hydrogens (tertiary/aromatic N) is 5. The summed E-state index contributed by atoms with van der Waals surface area (Å²) in [7, 11) is 2.21. The van der Waals surface area contributed by atoms with Gasteiger partial charge in [0.1, 0.15) is 5.49 Å². The number of nitrogens with one attached hydrogen (secondary N) is 3. The molecule has 0 atom stereocenters. The standard InChI is InChI=1S/C26H26Cl2N8O/c1-34-11-3-10-26(13-34)14-35(15-26)17-8-6-16(7-9-17)31-24-30-12-18-22(29)36(25(37)33-23(18)32-24)21-19(27)4-2-5-20(21)28/h2,4-9,12,29H,3,10-11,13-15H2,1H3,(H2,30,31,32,33,37). The number of para-hydroxylation sites is 1. The molecule has 11 heteroatoms. The smallest absolute Gasteiger partial charge is 0.333 e. The highest BCUT2D eigenvalue weighted by Gasteiger charge is 2.44. The Morgan fingerprint density at radius 2 is 1.81 bits per heavy atom. The first kappa shape index (κ1) is 24.0. The summed E-state index contributed by atoms with van der Waals surface area (Å²) in [6, 6.07) is 13.1. The Labute approximate surface area is 223 Å². The quantitative estimate of drug-likeness (QED) is 0.361. The topological polar surface area (TPSA) is 106 Å². The van der Waals surface area contributed by atoms with E-state index in [1.54, 1.807) is 18.2 Å². The first-order valence-electron chi connectivity index (χ1n) is 12.1. The Bertz CT molecular complexity index is 1590. The largest absolute Gasteiger partial charge is 0.370 e. The molecule has 4 heterocycles. The van der Waals surface area contributed by atoms with E-state index in [9.17, 15) is 4.79 Å². The van der Waals surface area contributed by atoms with Crippen LogP contribution >= 0.6 is 23.2 Å².